The second kappa shape index (κ2) is 10.3. The predicted octanol–water partition coefficient (Wildman–Crippen LogP) is 2.95. The van der Waals surface area contributed by atoms with Gasteiger partial charge >= 0.3 is 0 Å². The van der Waals surface area contributed by atoms with Crippen LogP contribution >= 0.6 is 0 Å². The van der Waals surface area contributed by atoms with Crippen molar-refractivity contribution in [3.05, 3.63) is 64.2 Å². The van der Waals surface area contributed by atoms with E-state index in [2.05, 4.69) is 4.72 Å². The van der Waals surface area contributed by atoms with E-state index in [1.165, 1.54) is 24.3 Å². The van der Waals surface area contributed by atoms with Gasteiger partial charge < -0.3 is 9.80 Å². The molecule has 0 spiro atoms. The number of sulfonamides is 1. The lowest BCUT2D eigenvalue weighted by Gasteiger charge is -2.37. The van der Waals surface area contributed by atoms with Gasteiger partial charge in [-0.05, 0) is 37.5 Å². The molecular formula is C23H30N4O5S. The van der Waals surface area contributed by atoms with E-state index in [9.17, 15) is 23.3 Å². The maximum absolute atomic E-state index is 13.3. The number of nitro benzene ring substituents is 1. The van der Waals surface area contributed by atoms with Gasteiger partial charge in [-0.25, -0.2) is 8.42 Å². The Labute approximate surface area is 194 Å². The fraction of sp³-hybridized carbons (Fsp3) is 0.435. The summed E-state index contributed by atoms with van der Waals surface area (Å²) in [7, 11) is -3.84. The van der Waals surface area contributed by atoms with Gasteiger partial charge in [-0.1, -0.05) is 37.6 Å². The van der Waals surface area contributed by atoms with E-state index in [1.54, 1.807) is 23.1 Å². The molecule has 2 aromatic carbocycles. The summed E-state index contributed by atoms with van der Waals surface area (Å²) < 4.78 is 28.4. The Morgan fingerprint density at radius 3 is 2.30 bits per heavy atom. The average molecular weight is 475 g/mol. The second-order valence-electron chi connectivity index (χ2n) is 8.71. The van der Waals surface area contributed by atoms with Crippen LogP contribution in [0.1, 0.15) is 25.8 Å². The Hall–Kier alpha value is -2.98. The van der Waals surface area contributed by atoms with Crippen molar-refractivity contribution in [2.45, 2.75) is 38.1 Å². The standard InChI is InChI=1S/C23H30N4O5S/c1-17(2)15-22(24-33(31,32)21-9-7-18(3)8-10-21)23(28)26-13-11-25(12-14-26)19-5-4-6-20(16-19)27(29)30/h4-10,16-17,22,24H,11-15H2,1-3H3. The molecular weight excluding hydrogens is 444 g/mol. The number of amides is 1. The van der Waals surface area contributed by atoms with Gasteiger partial charge in [0.15, 0.2) is 0 Å². The molecule has 1 amide bonds. The molecule has 0 saturated carbocycles. The Kier molecular flexibility index (Phi) is 7.70. The Morgan fingerprint density at radius 1 is 1.09 bits per heavy atom. The highest BCUT2D eigenvalue weighted by atomic mass is 32.2. The van der Waals surface area contributed by atoms with Gasteiger partial charge in [0.1, 0.15) is 6.04 Å². The van der Waals surface area contributed by atoms with Gasteiger partial charge in [0, 0.05) is 44.0 Å². The van der Waals surface area contributed by atoms with Crippen molar-refractivity contribution in [2.75, 3.05) is 31.1 Å². The molecule has 1 atom stereocenters. The van der Waals surface area contributed by atoms with E-state index in [0.29, 0.717) is 32.6 Å². The molecule has 1 fully saturated rings. The van der Waals surface area contributed by atoms with Crippen LogP contribution in [0.25, 0.3) is 0 Å². The maximum atomic E-state index is 13.3. The lowest BCUT2D eigenvalue weighted by molar-refractivity contribution is -0.384. The molecule has 0 aromatic heterocycles. The van der Waals surface area contributed by atoms with Crippen molar-refractivity contribution < 1.29 is 18.1 Å². The van der Waals surface area contributed by atoms with Gasteiger partial charge in [0.25, 0.3) is 5.69 Å². The van der Waals surface area contributed by atoms with E-state index in [4.69, 9.17) is 0 Å². The first-order valence-corrected chi connectivity index (χ1v) is 12.4. The van der Waals surface area contributed by atoms with Crippen LogP contribution in [0.15, 0.2) is 53.4 Å². The summed E-state index contributed by atoms with van der Waals surface area (Å²) >= 11 is 0. The molecule has 33 heavy (non-hydrogen) atoms. The fourth-order valence-corrected chi connectivity index (χ4v) is 5.05. The van der Waals surface area contributed by atoms with Crippen LogP contribution < -0.4 is 9.62 Å². The summed E-state index contributed by atoms with van der Waals surface area (Å²) in [4.78, 5) is 27.7. The Bertz CT molecular complexity index is 1090. The van der Waals surface area contributed by atoms with Crippen molar-refractivity contribution in [2.24, 2.45) is 5.92 Å². The van der Waals surface area contributed by atoms with Crippen LogP contribution in [0.4, 0.5) is 11.4 Å². The lowest BCUT2D eigenvalue weighted by atomic mass is 10.0. The molecule has 10 heteroatoms. The van der Waals surface area contributed by atoms with Crippen molar-refractivity contribution in [3.63, 3.8) is 0 Å². The summed E-state index contributed by atoms with van der Waals surface area (Å²) in [6, 6.07) is 12.1. The third-order valence-corrected chi connectivity index (χ3v) is 7.12. The zero-order valence-corrected chi connectivity index (χ0v) is 19.9. The van der Waals surface area contributed by atoms with Crippen LogP contribution in [-0.2, 0) is 14.8 Å². The van der Waals surface area contributed by atoms with E-state index in [1.807, 2.05) is 31.7 Å². The first-order chi connectivity index (χ1) is 15.6. The number of carbonyl (C=O) groups is 1. The van der Waals surface area contributed by atoms with Crippen molar-refractivity contribution in [1.29, 1.82) is 0 Å². The molecule has 1 aliphatic heterocycles. The zero-order chi connectivity index (χ0) is 24.2. The summed E-state index contributed by atoms with van der Waals surface area (Å²) in [6.45, 7) is 7.59. The first kappa shape index (κ1) is 24.7. The Balaban J connectivity index is 1.69. The summed E-state index contributed by atoms with van der Waals surface area (Å²) in [5, 5.41) is 11.1. The highest BCUT2D eigenvalue weighted by Crippen LogP contribution is 2.23. The number of hydrogen-bond donors (Lipinski definition) is 1. The summed E-state index contributed by atoms with van der Waals surface area (Å²) in [6.07, 6.45) is 0.384. The molecule has 1 heterocycles. The number of anilines is 1. The molecule has 0 radical (unpaired) electrons. The molecule has 0 bridgehead atoms. The van der Waals surface area contributed by atoms with Gasteiger partial charge in [-0.15, -0.1) is 0 Å². The minimum atomic E-state index is -3.84. The van der Waals surface area contributed by atoms with Crippen LogP contribution in [0.2, 0.25) is 0 Å². The average Bonchev–Trinajstić information content (AvgIpc) is 2.78. The molecule has 178 valence electrons. The van der Waals surface area contributed by atoms with Gasteiger partial charge in [0.05, 0.1) is 9.82 Å². The summed E-state index contributed by atoms with van der Waals surface area (Å²) in [5.74, 6) is -0.135. The first-order valence-electron chi connectivity index (χ1n) is 10.9. The topological polar surface area (TPSA) is 113 Å². The molecule has 0 aliphatic carbocycles. The van der Waals surface area contributed by atoms with Gasteiger partial charge in [-0.3, -0.25) is 14.9 Å². The minimum Gasteiger partial charge on any atom is -0.368 e. The molecule has 9 nitrogen and oxygen atoms in total. The Morgan fingerprint density at radius 2 is 1.73 bits per heavy atom. The number of benzene rings is 2. The second-order valence-corrected chi connectivity index (χ2v) is 10.4. The van der Waals surface area contributed by atoms with Crippen LogP contribution in [0, 0.1) is 23.0 Å². The number of carbonyl (C=O) groups excluding carboxylic acids is 1. The minimum absolute atomic E-state index is 0.0218. The van der Waals surface area contributed by atoms with E-state index in [0.717, 1.165) is 11.3 Å². The number of non-ortho nitro benzene ring substituents is 1. The number of hydrogen-bond acceptors (Lipinski definition) is 6. The number of nitrogens with zero attached hydrogens (tertiary/aromatic N) is 3. The van der Waals surface area contributed by atoms with Crippen LogP contribution in [-0.4, -0.2) is 56.4 Å². The van der Waals surface area contributed by atoms with E-state index in [-0.39, 0.29) is 22.4 Å². The molecule has 1 unspecified atom stereocenters. The van der Waals surface area contributed by atoms with E-state index < -0.39 is 21.0 Å². The third-order valence-electron chi connectivity index (χ3n) is 5.63. The third kappa shape index (κ3) is 6.29. The van der Waals surface area contributed by atoms with Gasteiger partial charge in [-0.2, -0.15) is 4.72 Å². The number of aryl methyl sites for hydroxylation is 1. The highest BCUT2D eigenvalue weighted by molar-refractivity contribution is 7.89. The molecule has 1 saturated heterocycles. The summed E-state index contributed by atoms with van der Waals surface area (Å²) in [5.41, 5.74) is 1.70. The van der Waals surface area contributed by atoms with E-state index >= 15 is 0 Å². The fourth-order valence-electron chi connectivity index (χ4n) is 3.85. The highest BCUT2D eigenvalue weighted by Gasteiger charge is 2.31. The lowest BCUT2D eigenvalue weighted by Crippen LogP contribution is -2.55. The van der Waals surface area contributed by atoms with Crippen molar-refractivity contribution >= 4 is 27.3 Å². The van der Waals surface area contributed by atoms with Crippen LogP contribution in [0.5, 0.6) is 0 Å². The number of rotatable bonds is 8. The smallest absolute Gasteiger partial charge is 0.271 e. The largest absolute Gasteiger partial charge is 0.368 e. The molecule has 3 rings (SSSR count). The monoisotopic (exact) mass is 474 g/mol. The van der Waals surface area contributed by atoms with Crippen LogP contribution in [0.3, 0.4) is 0 Å². The number of nitro groups is 1. The molecule has 1 N–H and O–H groups in total. The number of piperazine rings is 1. The van der Waals surface area contributed by atoms with Gasteiger partial charge in [0.2, 0.25) is 15.9 Å². The SMILES string of the molecule is Cc1ccc(S(=O)(=O)NC(CC(C)C)C(=O)N2CCN(c3cccc([N+](=O)[O-])c3)CC2)cc1. The molecule has 2 aromatic rings. The van der Waals surface area contributed by atoms with Crippen molar-refractivity contribution in [3.8, 4) is 0 Å². The zero-order valence-electron chi connectivity index (χ0n) is 19.1. The maximum Gasteiger partial charge on any atom is 0.271 e. The van der Waals surface area contributed by atoms with Crippen molar-refractivity contribution in [1.82, 2.24) is 9.62 Å². The predicted molar refractivity (Wildman–Crippen MR) is 127 cm³/mol. The quantitative estimate of drug-likeness (QED) is 0.465. The molecule has 1 aliphatic rings. The normalized spacial score (nSPS) is 15.5. The number of nitrogens with one attached hydrogen (secondary N) is 1.